The molecule has 4 rings (SSSR count). The average molecular weight is 485 g/mol. The van der Waals surface area contributed by atoms with E-state index in [9.17, 15) is 9.90 Å². The van der Waals surface area contributed by atoms with Gasteiger partial charge in [0.2, 0.25) is 5.91 Å². The number of hydrogen-bond acceptors (Lipinski definition) is 4. The molecule has 0 saturated heterocycles. The normalized spacial score (nSPS) is 10.6. The van der Waals surface area contributed by atoms with Crippen LogP contribution in [0.1, 0.15) is 12.5 Å². The molecule has 178 valence electrons. The van der Waals surface area contributed by atoms with Gasteiger partial charge in [0, 0.05) is 18.4 Å². The Bertz CT molecular complexity index is 1190. The van der Waals surface area contributed by atoms with Gasteiger partial charge in [-0.25, -0.2) is 0 Å². The monoisotopic (exact) mass is 484 g/mol. The van der Waals surface area contributed by atoms with E-state index in [1.807, 2.05) is 30.3 Å². The van der Waals surface area contributed by atoms with Gasteiger partial charge in [0.15, 0.2) is 0 Å². The van der Waals surface area contributed by atoms with Crippen LogP contribution in [0.25, 0.3) is 0 Å². The van der Waals surface area contributed by atoms with Crippen molar-refractivity contribution >= 4 is 41.6 Å². The summed E-state index contributed by atoms with van der Waals surface area (Å²) in [6.07, 6.45) is 1.76. The number of aliphatic imine (C=N–C) groups is 1. The lowest BCUT2D eigenvalue weighted by Crippen LogP contribution is -2.23. The van der Waals surface area contributed by atoms with Crippen LogP contribution < -0.4 is 21.2 Å². The minimum Gasteiger partial charge on any atom is -0.506 e. The first-order chi connectivity index (χ1) is 17.1. The molecule has 0 aliphatic carbocycles. The number of para-hydroxylation sites is 2. The first-order valence-corrected chi connectivity index (χ1v) is 12.7. The van der Waals surface area contributed by atoms with E-state index >= 15 is 0 Å². The third-order valence-corrected chi connectivity index (χ3v) is 7.37. The summed E-state index contributed by atoms with van der Waals surface area (Å²) in [7, 11) is -0.768. The van der Waals surface area contributed by atoms with E-state index in [0.29, 0.717) is 5.69 Å². The molecule has 0 heterocycles. The molecular weight excluding hydrogens is 455 g/mol. The lowest BCUT2D eigenvalue weighted by molar-refractivity contribution is -0.114. The summed E-state index contributed by atoms with van der Waals surface area (Å²) < 4.78 is 0. The quantitative estimate of drug-likeness (QED) is 0.209. The maximum atomic E-state index is 12.3. The van der Waals surface area contributed by atoms with Gasteiger partial charge >= 0.3 is 0 Å². The number of carbonyl (C=O) groups is 1. The van der Waals surface area contributed by atoms with Crippen LogP contribution in [-0.4, -0.2) is 35.5 Å². The molecule has 0 aliphatic rings. The fourth-order valence-corrected chi connectivity index (χ4v) is 5.80. The number of nitrogens with one attached hydrogen (secondary N) is 1. The summed E-state index contributed by atoms with van der Waals surface area (Å²) in [5.41, 5.74) is 1.37. The molecule has 0 bridgehead atoms. The van der Waals surface area contributed by atoms with Crippen LogP contribution in [0.5, 0.6) is 5.75 Å². The van der Waals surface area contributed by atoms with Crippen molar-refractivity contribution in [3.05, 3.63) is 115 Å². The second kappa shape index (κ2) is 13.8. The Balaban J connectivity index is 0.00000108. The van der Waals surface area contributed by atoms with E-state index in [-0.39, 0.29) is 24.8 Å². The topological polar surface area (TPSA) is 81.9 Å². The van der Waals surface area contributed by atoms with Crippen molar-refractivity contribution in [3.63, 3.8) is 0 Å². The van der Waals surface area contributed by atoms with Gasteiger partial charge < -0.3 is 15.5 Å². The van der Waals surface area contributed by atoms with E-state index in [1.165, 1.54) is 22.0 Å². The molecule has 5 nitrogen and oxygen atoms in total. The van der Waals surface area contributed by atoms with Gasteiger partial charge in [-0.2, -0.15) is 0 Å². The lowest BCUT2D eigenvalue weighted by Gasteiger charge is -2.21. The number of benzene rings is 4. The first kappa shape index (κ1) is 25.8. The Morgan fingerprint density at radius 2 is 1.34 bits per heavy atom. The van der Waals surface area contributed by atoms with Crippen LogP contribution in [0.4, 0.5) is 5.69 Å². The highest BCUT2D eigenvalue weighted by Gasteiger charge is 2.18. The number of aromatic hydroxyl groups is 1. The van der Waals surface area contributed by atoms with Gasteiger partial charge in [-0.3, -0.25) is 9.79 Å². The van der Waals surface area contributed by atoms with E-state index in [4.69, 9.17) is 5.11 Å². The highest BCUT2D eigenvalue weighted by molar-refractivity contribution is 7.80. The van der Waals surface area contributed by atoms with Crippen molar-refractivity contribution in [3.8, 4) is 5.75 Å². The van der Waals surface area contributed by atoms with Crippen molar-refractivity contribution in [1.29, 1.82) is 0 Å². The zero-order chi connectivity index (χ0) is 24.9. The van der Waals surface area contributed by atoms with Crippen LogP contribution >= 0.6 is 7.92 Å². The molecule has 1 amide bonds. The highest BCUT2D eigenvalue weighted by Crippen LogP contribution is 2.33. The molecule has 0 aliphatic heterocycles. The van der Waals surface area contributed by atoms with Gasteiger partial charge in [0.05, 0.1) is 5.69 Å². The van der Waals surface area contributed by atoms with E-state index in [2.05, 4.69) is 64.9 Å². The molecule has 35 heavy (non-hydrogen) atoms. The summed E-state index contributed by atoms with van der Waals surface area (Å²) in [6, 6.07) is 35.8. The van der Waals surface area contributed by atoms with Crippen LogP contribution in [0.15, 0.2) is 114 Å². The van der Waals surface area contributed by atoms with E-state index in [1.54, 1.807) is 31.3 Å². The molecule has 0 spiro atoms. The molecule has 4 aromatic carbocycles. The van der Waals surface area contributed by atoms with Gasteiger partial charge in [-0.15, -0.1) is 0 Å². The zero-order valence-corrected chi connectivity index (χ0v) is 20.5. The van der Waals surface area contributed by atoms with Crippen LogP contribution in [0.2, 0.25) is 0 Å². The molecule has 0 saturated carbocycles. The van der Waals surface area contributed by atoms with Gasteiger partial charge in [0.1, 0.15) is 12.3 Å². The van der Waals surface area contributed by atoms with Gasteiger partial charge in [-0.05, 0) is 42.9 Å². The number of aliphatic hydroxyl groups excluding tert-OH is 1. The average Bonchev–Trinajstić information content (AvgIpc) is 2.88. The SMILES string of the molecule is CCO.O=C(CN=Cc1ccccc1P(c1ccccc1)c1ccccc1)Nc1ccccc1O. The Morgan fingerprint density at radius 3 is 1.94 bits per heavy atom. The van der Waals surface area contributed by atoms with Gasteiger partial charge in [-0.1, -0.05) is 97.1 Å². The van der Waals surface area contributed by atoms with Crippen molar-refractivity contribution < 1.29 is 15.0 Å². The Hall–Kier alpha value is -3.79. The van der Waals surface area contributed by atoms with Crippen LogP contribution in [0.3, 0.4) is 0 Å². The number of phenols is 1. The summed E-state index contributed by atoms with van der Waals surface area (Å²) in [5, 5.41) is 23.8. The smallest absolute Gasteiger partial charge is 0.246 e. The number of nitrogens with zero attached hydrogens (tertiary/aromatic N) is 1. The largest absolute Gasteiger partial charge is 0.506 e. The lowest BCUT2D eigenvalue weighted by atomic mass is 10.2. The highest BCUT2D eigenvalue weighted by atomic mass is 31.1. The van der Waals surface area contributed by atoms with Crippen LogP contribution in [-0.2, 0) is 4.79 Å². The molecular formula is C29H29N2O3P. The standard InChI is InChI=1S/C27H23N2O2P.C2H6O/c30-25-17-9-8-16-24(25)29-27(31)20-28-19-21-11-7-10-18-26(21)32(22-12-3-1-4-13-22)23-14-5-2-6-15-23;1-2-3/h1-19,30H,20H2,(H,29,31);3H,2H2,1H3. The number of aliphatic hydroxyl groups is 1. The van der Waals surface area contributed by atoms with Crippen molar-refractivity contribution in [2.24, 2.45) is 4.99 Å². The molecule has 0 atom stereocenters. The summed E-state index contributed by atoms with van der Waals surface area (Å²) in [5.74, 6) is -0.250. The Labute approximate surface area is 207 Å². The number of anilines is 1. The van der Waals surface area contributed by atoms with Crippen molar-refractivity contribution in [1.82, 2.24) is 0 Å². The Kier molecular flexibility index (Phi) is 10.2. The first-order valence-electron chi connectivity index (χ1n) is 11.3. The summed E-state index contributed by atoms with van der Waals surface area (Å²) in [6.45, 7) is 1.90. The second-order valence-corrected chi connectivity index (χ2v) is 9.60. The molecule has 0 aromatic heterocycles. The number of hydrogen-bond donors (Lipinski definition) is 3. The number of rotatable bonds is 7. The van der Waals surface area contributed by atoms with Crippen molar-refractivity contribution in [2.45, 2.75) is 6.92 Å². The maximum Gasteiger partial charge on any atom is 0.246 e. The second-order valence-electron chi connectivity index (χ2n) is 7.42. The van der Waals surface area contributed by atoms with Crippen LogP contribution in [0, 0.1) is 0 Å². The molecule has 0 unspecified atom stereocenters. The minimum absolute atomic E-state index is 0.0305. The van der Waals surface area contributed by atoms with Crippen molar-refractivity contribution in [2.75, 3.05) is 18.5 Å². The number of amides is 1. The minimum atomic E-state index is -0.768. The van der Waals surface area contributed by atoms with E-state index < -0.39 is 7.92 Å². The molecule has 0 radical (unpaired) electrons. The van der Waals surface area contributed by atoms with E-state index in [0.717, 1.165) is 5.56 Å². The zero-order valence-electron chi connectivity index (χ0n) is 19.6. The fraction of sp³-hybridized carbons (Fsp3) is 0.103. The molecule has 0 fully saturated rings. The Morgan fingerprint density at radius 1 is 0.829 bits per heavy atom. The number of phenolic OH excluding ortho intramolecular Hbond substituents is 1. The third kappa shape index (κ3) is 7.61. The summed E-state index contributed by atoms with van der Waals surface area (Å²) >= 11 is 0. The molecule has 3 N–H and O–H groups in total. The predicted molar refractivity (Wildman–Crippen MR) is 147 cm³/mol. The summed E-state index contributed by atoms with van der Waals surface area (Å²) in [4.78, 5) is 16.7. The van der Waals surface area contributed by atoms with Gasteiger partial charge in [0.25, 0.3) is 0 Å². The molecule has 6 heteroatoms. The maximum absolute atomic E-state index is 12.3. The number of carbonyl (C=O) groups excluding carboxylic acids is 1. The molecule has 4 aromatic rings. The third-order valence-electron chi connectivity index (χ3n) is 4.85. The predicted octanol–water partition coefficient (Wildman–Crippen LogP) is 4.21. The fourth-order valence-electron chi connectivity index (χ4n) is 3.38.